The van der Waals surface area contributed by atoms with E-state index < -0.39 is 0 Å². The summed E-state index contributed by atoms with van der Waals surface area (Å²) in [6, 6.07) is 0. The topological polar surface area (TPSA) is 53.6 Å². The lowest BCUT2D eigenvalue weighted by atomic mass is 10.1. The number of aliphatic imine (C=N–C) groups is 1. The van der Waals surface area contributed by atoms with Crippen LogP contribution in [0.5, 0.6) is 0 Å². The van der Waals surface area contributed by atoms with Crippen LogP contribution in [0.3, 0.4) is 0 Å². The predicted octanol–water partition coefficient (Wildman–Crippen LogP) is 2.04. The van der Waals surface area contributed by atoms with Gasteiger partial charge in [-0.15, -0.1) is 24.0 Å². The van der Waals surface area contributed by atoms with Gasteiger partial charge in [-0.05, 0) is 52.6 Å². The number of nitrogens with one attached hydrogen (secondary N) is 1. The molecule has 0 radical (unpaired) electrons. The number of nitrogens with zero attached hydrogens (tertiary/aromatic N) is 2. The Kier molecular flexibility index (Phi) is 8.18. The molecular formula is C13H29IN4. The molecule has 5 heteroatoms. The summed E-state index contributed by atoms with van der Waals surface area (Å²) >= 11 is 0. The minimum atomic E-state index is -0.00816. The van der Waals surface area contributed by atoms with Crippen LogP contribution in [0.4, 0.5) is 0 Å². The summed E-state index contributed by atoms with van der Waals surface area (Å²) in [6.45, 7) is 13.0. The number of rotatable bonds is 4. The van der Waals surface area contributed by atoms with Gasteiger partial charge >= 0.3 is 0 Å². The van der Waals surface area contributed by atoms with Crippen molar-refractivity contribution in [3.05, 3.63) is 0 Å². The molecule has 1 rings (SSSR count). The highest BCUT2D eigenvalue weighted by molar-refractivity contribution is 14.0. The second-order valence-electron chi connectivity index (χ2n) is 6.21. The van der Waals surface area contributed by atoms with E-state index in [1.807, 2.05) is 0 Å². The average Bonchev–Trinajstić information content (AvgIpc) is 2.64. The lowest BCUT2D eigenvalue weighted by molar-refractivity contribution is 0.291. The van der Waals surface area contributed by atoms with Gasteiger partial charge in [0.05, 0.1) is 0 Å². The number of guanidine groups is 1. The van der Waals surface area contributed by atoms with Gasteiger partial charge in [-0.3, -0.25) is 4.99 Å². The molecule has 0 saturated carbocycles. The van der Waals surface area contributed by atoms with E-state index in [2.05, 4.69) is 42.9 Å². The highest BCUT2D eigenvalue weighted by Gasteiger charge is 2.14. The molecule has 0 aromatic heterocycles. The molecule has 1 atom stereocenters. The molecule has 1 aliphatic heterocycles. The maximum absolute atomic E-state index is 5.84. The zero-order valence-corrected chi connectivity index (χ0v) is 14.5. The fourth-order valence-electron chi connectivity index (χ4n) is 2.14. The van der Waals surface area contributed by atoms with E-state index in [1.165, 1.54) is 25.9 Å². The standard InChI is InChI=1S/C13H28N4.HI/c1-11(10-17-7-5-6-8-17)9-15-12(14)16-13(2,3)4;/h11H,5-10H2,1-4H3,(H3,14,15,16);1H. The van der Waals surface area contributed by atoms with E-state index in [0.29, 0.717) is 11.9 Å². The molecule has 0 aromatic rings. The Bertz CT molecular complexity index is 254. The van der Waals surface area contributed by atoms with Crippen LogP contribution in [0, 0.1) is 5.92 Å². The molecular weight excluding hydrogens is 339 g/mol. The van der Waals surface area contributed by atoms with Crippen LogP contribution >= 0.6 is 24.0 Å². The third-order valence-corrected chi connectivity index (χ3v) is 2.84. The van der Waals surface area contributed by atoms with E-state index in [-0.39, 0.29) is 29.5 Å². The smallest absolute Gasteiger partial charge is 0.188 e. The van der Waals surface area contributed by atoms with Crippen molar-refractivity contribution in [1.29, 1.82) is 0 Å². The predicted molar refractivity (Wildman–Crippen MR) is 89.6 cm³/mol. The van der Waals surface area contributed by atoms with Gasteiger partial charge in [0.2, 0.25) is 0 Å². The molecule has 1 fully saturated rings. The summed E-state index contributed by atoms with van der Waals surface area (Å²) in [6.07, 6.45) is 2.70. The van der Waals surface area contributed by atoms with E-state index >= 15 is 0 Å². The first kappa shape index (κ1) is 18.0. The monoisotopic (exact) mass is 368 g/mol. The molecule has 3 N–H and O–H groups in total. The first-order valence-electron chi connectivity index (χ1n) is 6.67. The van der Waals surface area contributed by atoms with Gasteiger partial charge in [0, 0.05) is 18.6 Å². The number of likely N-dealkylation sites (tertiary alicyclic amines) is 1. The average molecular weight is 368 g/mol. The van der Waals surface area contributed by atoms with Gasteiger partial charge in [0.15, 0.2) is 5.96 Å². The fourth-order valence-corrected chi connectivity index (χ4v) is 2.14. The maximum Gasteiger partial charge on any atom is 0.188 e. The number of nitrogens with two attached hydrogens (primary N) is 1. The Morgan fingerprint density at radius 3 is 2.39 bits per heavy atom. The van der Waals surface area contributed by atoms with Gasteiger partial charge in [-0.2, -0.15) is 0 Å². The Morgan fingerprint density at radius 1 is 1.33 bits per heavy atom. The van der Waals surface area contributed by atoms with Gasteiger partial charge in [0.25, 0.3) is 0 Å². The minimum absolute atomic E-state index is 0. The van der Waals surface area contributed by atoms with Crippen molar-refractivity contribution in [2.45, 2.75) is 46.1 Å². The van der Waals surface area contributed by atoms with Crippen molar-refractivity contribution in [2.24, 2.45) is 16.6 Å². The van der Waals surface area contributed by atoms with Crippen LogP contribution in [-0.2, 0) is 0 Å². The van der Waals surface area contributed by atoms with Gasteiger partial charge in [-0.1, -0.05) is 6.92 Å². The fraction of sp³-hybridized carbons (Fsp3) is 0.923. The zero-order valence-electron chi connectivity index (χ0n) is 12.2. The molecule has 4 nitrogen and oxygen atoms in total. The summed E-state index contributed by atoms with van der Waals surface area (Å²) in [5, 5.41) is 3.18. The maximum atomic E-state index is 5.84. The van der Waals surface area contributed by atoms with Gasteiger partial charge in [0.1, 0.15) is 0 Å². The Balaban J connectivity index is 0.00000289. The summed E-state index contributed by atoms with van der Waals surface area (Å²) in [4.78, 5) is 6.93. The van der Waals surface area contributed by atoms with Crippen LogP contribution < -0.4 is 11.1 Å². The van der Waals surface area contributed by atoms with E-state index in [9.17, 15) is 0 Å². The van der Waals surface area contributed by atoms with Crippen molar-refractivity contribution in [3.8, 4) is 0 Å². The Labute approximate surface area is 129 Å². The molecule has 0 spiro atoms. The van der Waals surface area contributed by atoms with E-state index in [4.69, 9.17) is 5.73 Å². The van der Waals surface area contributed by atoms with E-state index in [0.717, 1.165) is 13.1 Å². The minimum Gasteiger partial charge on any atom is -0.370 e. The van der Waals surface area contributed by atoms with Gasteiger partial charge < -0.3 is 16.0 Å². The molecule has 0 amide bonds. The SMILES string of the molecule is CC(CN=C(N)NC(C)(C)C)CN1CCCC1.I. The van der Waals surface area contributed by atoms with Crippen molar-refractivity contribution in [1.82, 2.24) is 10.2 Å². The van der Waals surface area contributed by atoms with Crippen LogP contribution in [0.2, 0.25) is 0 Å². The zero-order chi connectivity index (χ0) is 12.9. The quantitative estimate of drug-likeness (QED) is 0.454. The van der Waals surface area contributed by atoms with Crippen molar-refractivity contribution in [3.63, 3.8) is 0 Å². The highest BCUT2D eigenvalue weighted by Crippen LogP contribution is 2.10. The molecule has 1 heterocycles. The first-order valence-corrected chi connectivity index (χ1v) is 6.67. The third kappa shape index (κ3) is 8.13. The largest absolute Gasteiger partial charge is 0.370 e. The number of hydrogen-bond donors (Lipinski definition) is 2. The van der Waals surface area contributed by atoms with Gasteiger partial charge in [-0.25, -0.2) is 0 Å². The summed E-state index contributed by atoms with van der Waals surface area (Å²) in [5.41, 5.74) is 5.83. The van der Waals surface area contributed by atoms with Crippen LogP contribution in [0.1, 0.15) is 40.5 Å². The number of halogens is 1. The molecule has 108 valence electrons. The van der Waals surface area contributed by atoms with E-state index in [1.54, 1.807) is 0 Å². The van der Waals surface area contributed by atoms with Crippen molar-refractivity contribution < 1.29 is 0 Å². The van der Waals surface area contributed by atoms with Crippen LogP contribution in [0.15, 0.2) is 4.99 Å². The highest BCUT2D eigenvalue weighted by atomic mass is 127. The van der Waals surface area contributed by atoms with Crippen LogP contribution in [0.25, 0.3) is 0 Å². The molecule has 18 heavy (non-hydrogen) atoms. The third-order valence-electron chi connectivity index (χ3n) is 2.84. The Morgan fingerprint density at radius 2 is 1.89 bits per heavy atom. The second kappa shape index (κ2) is 8.19. The summed E-state index contributed by atoms with van der Waals surface area (Å²) in [5.74, 6) is 1.14. The lowest BCUT2D eigenvalue weighted by Gasteiger charge is -2.22. The molecule has 0 aromatic carbocycles. The molecule has 1 aliphatic rings. The molecule has 0 bridgehead atoms. The first-order chi connectivity index (χ1) is 7.87. The lowest BCUT2D eigenvalue weighted by Crippen LogP contribution is -2.45. The van der Waals surface area contributed by atoms with Crippen molar-refractivity contribution >= 4 is 29.9 Å². The van der Waals surface area contributed by atoms with Crippen LogP contribution in [-0.4, -0.2) is 42.6 Å². The molecule has 0 aliphatic carbocycles. The van der Waals surface area contributed by atoms with Crippen molar-refractivity contribution in [2.75, 3.05) is 26.2 Å². The second-order valence-corrected chi connectivity index (χ2v) is 6.21. The molecule has 1 saturated heterocycles. The summed E-state index contributed by atoms with van der Waals surface area (Å²) < 4.78 is 0. The normalized spacial score (nSPS) is 19.4. The Hall–Kier alpha value is -0.0400. The summed E-state index contributed by atoms with van der Waals surface area (Å²) in [7, 11) is 0. The molecule has 1 unspecified atom stereocenters. The number of hydrogen-bond acceptors (Lipinski definition) is 2.